The van der Waals surface area contributed by atoms with Gasteiger partial charge in [0.25, 0.3) is 5.91 Å². The number of nitro benzene ring substituents is 1. The Bertz CT molecular complexity index is 519. The molecule has 0 saturated heterocycles. The molecule has 1 N–H and O–H groups in total. The second-order valence-corrected chi connectivity index (χ2v) is 4.79. The summed E-state index contributed by atoms with van der Waals surface area (Å²) < 4.78 is 13.1. The summed E-state index contributed by atoms with van der Waals surface area (Å²) in [5, 5.41) is 13.4. The van der Waals surface area contributed by atoms with E-state index in [2.05, 4.69) is 12.2 Å². The highest BCUT2D eigenvalue weighted by Crippen LogP contribution is 2.34. The van der Waals surface area contributed by atoms with Crippen LogP contribution < -0.4 is 5.32 Å². The van der Waals surface area contributed by atoms with Crippen LogP contribution in [0.3, 0.4) is 0 Å². The average molecular weight is 266 g/mol. The lowest BCUT2D eigenvalue weighted by atomic mass is 10.1. The van der Waals surface area contributed by atoms with Crippen molar-refractivity contribution in [2.75, 3.05) is 0 Å². The Balaban J connectivity index is 2.04. The van der Waals surface area contributed by atoms with Crippen molar-refractivity contribution in [3.63, 3.8) is 0 Å². The van der Waals surface area contributed by atoms with Crippen LogP contribution in [-0.4, -0.2) is 16.9 Å². The highest BCUT2D eigenvalue weighted by atomic mass is 19.1. The Morgan fingerprint density at radius 2 is 2.32 bits per heavy atom. The quantitative estimate of drug-likeness (QED) is 0.657. The zero-order chi connectivity index (χ0) is 14.0. The Hall–Kier alpha value is -1.98. The molecule has 102 valence electrons. The first-order valence-corrected chi connectivity index (χ1v) is 6.27. The van der Waals surface area contributed by atoms with Crippen LogP contribution in [0.2, 0.25) is 0 Å². The molecule has 0 bridgehead atoms. The van der Waals surface area contributed by atoms with Gasteiger partial charge < -0.3 is 5.32 Å². The van der Waals surface area contributed by atoms with E-state index in [0.29, 0.717) is 5.92 Å². The van der Waals surface area contributed by atoms with E-state index in [0.717, 1.165) is 31.4 Å². The Labute approximate surface area is 110 Å². The molecule has 1 amide bonds. The predicted molar refractivity (Wildman–Crippen MR) is 67.3 cm³/mol. The summed E-state index contributed by atoms with van der Waals surface area (Å²) in [5.74, 6) is -0.812. The molecular weight excluding hydrogens is 251 g/mol. The Morgan fingerprint density at radius 3 is 2.95 bits per heavy atom. The summed E-state index contributed by atoms with van der Waals surface area (Å²) in [6.45, 7) is 2.08. The minimum atomic E-state index is -0.933. The lowest BCUT2D eigenvalue weighted by Gasteiger charge is -2.04. The maximum atomic E-state index is 13.1. The fraction of sp³-hybridized carbons (Fsp3) is 0.462. The maximum absolute atomic E-state index is 13.1. The van der Waals surface area contributed by atoms with Crippen molar-refractivity contribution in [1.29, 1.82) is 0 Å². The van der Waals surface area contributed by atoms with E-state index in [1.54, 1.807) is 0 Å². The molecule has 2 rings (SSSR count). The number of halogens is 1. The number of nitro groups is 1. The molecule has 0 spiro atoms. The standard InChI is InChI=1S/C13H15FN2O3/c1-2-3-8-6-11(8)15-13(17)9-4-5-10(14)12(7-9)16(18)19/h4-5,7-8,11H,2-3,6H2,1H3,(H,15,17). The van der Waals surface area contributed by atoms with Crippen LogP contribution in [0.4, 0.5) is 10.1 Å². The number of carbonyl (C=O) groups is 1. The van der Waals surface area contributed by atoms with Gasteiger partial charge in [-0.2, -0.15) is 4.39 Å². The first-order chi connectivity index (χ1) is 9.02. The van der Waals surface area contributed by atoms with E-state index in [-0.39, 0.29) is 17.5 Å². The van der Waals surface area contributed by atoms with Crippen LogP contribution in [0.25, 0.3) is 0 Å². The highest BCUT2D eigenvalue weighted by molar-refractivity contribution is 5.95. The van der Waals surface area contributed by atoms with Gasteiger partial charge in [0.15, 0.2) is 0 Å². The van der Waals surface area contributed by atoms with Crippen molar-refractivity contribution in [3.05, 3.63) is 39.7 Å². The topological polar surface area (TPSA) is 72.2 Å². The van der Waals surface area contributed by atoms with Gasteiger partial charge in [-0.25, -0.2) is 0 Å². The number of hydrogen-bond donors (Lipinski definition) is 1. The van der Waals surface area contributed by atoms with Crippen molar-refractivity contribution in [2.24, 2.45) is 5.92 Å². The lowest BCUT2D eigenvalue weighted by molar-refractivity contribution is -0.387. The SMILES string of the molecule is CCCC1CC1NC(=O)c1ccc(F)c([N+](=O)[O-])c1. The summed E-state index contributed by atoms with van der Waals surface area (Å²) in [6, 6.07) is 3.33. The van der Waals surface area contributed by atoms with Crippen molar-refractivity contribution in [1.82, 2.24) is 5.32 Å². The number of nitrogens with one attached hydrogen (secondary N) is 1. The van der Waals surface area contributed by atoms with E-state index in [1.165, 1.54) is 6.07 Å². The molecule has 0 heterocycles. The molecule has 1 fully saturated rings. The lowest BCUT2D eigenvalue weighted by Crippen LogP contribution is -2.26. The molecule has 0 radical (unpaired) electrons. The normalized spacial score (nSPS) is 20.9. The van der Waals surface area contributed by atoms with Crippen LogP contribution >= 0.6 is 0 Å². The molecule has 1 aliphatic rings. The molecule has 2 atom stereocenters. The zero-order valence-corrected chi connectivity index (χ0v) is 10.6. The van der Waals surface area contributed by atoms with Crippen molar-refractivity contribution < 1.29 is 14.1 Å². The summed E-state index contributed by atoms with van der Waals surface area (Å²) >= 11 is 0. The van der Waals surface area contributed by atoms with Crippen LogP contribution in [0.15, 0.2) is 18.2 Å². The van der Waals surface area contributed by atoms with Crippen LogP contribution in [0.5, 0.6) is 0 Å². The smallest absolute Gasteiger partial charge is 0.305 e. The molecule has 1 aromatic rings. The van der Waals surface area contributed by atoms with Gasteiger partial charge in [0, 0.05) is 17.7 Å². The monoisotopic (exact) mass is 266 g/mol. The molecule has 1 aliphatic carbocycles. The minimum Gasteiger partial charge on any atom is -0.349 e. The molecule has 0 aliphatic heterocycles. The number of benzene rings is 1. The second kappa shape index (κ2) is 5.34. The highest BCUT2D eigenvalue weighted by Gasteiger charge is 2.37. The molecule has 6 heteroatoms. The number of rotatable bonds is 5. The number of amides is 1. The van der Waals surface area contributed by atoms with Crippen molar-refractivity contribution in [3.8, 4) is 0 Å². The number of carbonyl (C=O) groups excluding carboxylic acids is 1. The minimum absolute atomic E-state index is 0.121. The first kappa shape index (κ1) is 13.5. The number of nitrogens with zero attached hydrogens (tertiary/aromatic N) is 1. The van der Waals surface area contributed by atoms with Crippen LogP contribution in [-0.2, 0) is 0 Å². The fourth-order valence-electron chi connectivity index (χ4n) is 2.16. The van der Waals surface area contributed by atoms with Crippen molar-refractivity contribution in [2.45, 2.75) is 32.2 Å². The molecular formula is C13H15FN2O3. The van der Waals surface area contributed by atoms with Crippen LogP contribution in [0.1, 0.15) is 36.5 Å². The Morgan fingerprint density at radius 1 is 1.58 bits per heavy atom. The number of hydrogen-bond acceptors (Lipinski definition) is 3. The molecule has 19 heavy (non-hydrogen) atoms. The first-order valence-electron chi connectivity index (χ1n) is 6.27. The molecule has 2 unspecified atom stereocenters. The van der Waals surface area contributed by atoms with E-state index in [1.807, 2.05) is 0 Å². The van der Waals surface area contributed by atoms with Crippen LogP contribution in [0, 0.1) is 21.8 Å². The largest absolute Gasteiger partial charge is 0.349 e. The third-order valence-electron chi connectivity index (χ3n) is 3.30. The van der Waals surface area contributed by atoms with E-state index in [4.69, 9.17) is 0 Å². The zero-order valence-electron chi connectivity index (χ0n) is 10.6. The molecule has 0 aromatic heterocycles. The van der Waals surface area contributed by atoms with Gasteiger partial charge in [-0.3, -0.25) is 14.9 Å². The summed E-state index contributed by atoms with van der Waals surface area (Å²) in [7, 11) is 0. The van der Waals surface area contributed by atoms with Gasteiger partial charge in [-0.1, -0.05) is 13.3 Å². The molecule has 1 saturated carbocycles. The van der Waals surface area contributed by atoms with E-state index in [9.17, 15) is 19.3 Å². The average Bonchev–Trinajstić information content (AvgIpc) is 3.07. The van der Waals surface area contributed by atoms with Gasteiger partial charge in [0.2, 0.25) is 5.82 Å². The van der Waals surface area contributed by atoms with Gasteiger partial charge in [-0.15, -0.1) is 0 Å². The third-order valence-corrected chi connectivity index (χ3v) is 3.30. The van der Waals surface area contributed by atoms with E-state index >= 15 is 0 Å². The predicted octanol–water partition coefficient (Wildman–Crippen LogP) is 2.65. The van der Waals surface area contributed by atoms with Gasteiger partial charge in [0.1, 0.15) is 0 Å². The summed E-state index contributed by atoms with van der Waals surface area (Å²) in [4.78, 5) is 21.6. The third kappa shape index (κ3) is 3.07. The molecule has 1 aromatic carbocycles. The second-order valence-electron chi connectivity index (χ2n) is 4.79. The summed E-state index contributed by atoms with van der Waals surface area (Å²) in [5.41, 5.74) is -0.552. The fourth-order valence-corrected chi connectivity index (χ4v) is 2.16. The Kier molecular flexibility index (Phi) is 3.78. The molecule has 5 nitrogen and oxygen atoms in total. The van der Waals surface area contributed by atoms with Crippen molar-refractivity contribution >= 4 is 11.6 Å². The maximum Gasteiger partial charge on any atom is 0.305 e. The summed E-state index contributed by atoms with van der Waals surface area (Å²) in [6.07, 6.45) is 3.08. The van der Waals surface area contributed by atoms with E-state index < -0.39 is 16.4 Å². The van der Waals surface area contributed by atoms with Gasteiger partial charge in [0.05, 0.1) is 4.92 Å². The van der Waals surface area contributed by atoms with Gasteiger partial charge >= 0.3 is 5.69 Å². The van der Waals surface area contributed by atoms with Gasteiger partial charge in [-0.05, 0) is 30.9 Å².